The lowest BCUT2D eigenvalue weighted by Crippen LogP contribution is -2.47. The van der Waals surface area contributed by atoms with Crippen molar-refractivity contribution < 1.29 is 14.5 Å². The average molecular weight is 459 g/mol. The van der Waals surface area contributed by atoms with Gasteiger partial charge in [-0.2, -0.15) is 0 Å². The minimum absolute atomic E-state index is 0. The van der Waals surface area contributed by atoms with Crippen molar-refractivity contribution in [2.45, 2.75) is 26.3 Å². The number of anilines is 1. The Morgan fingerprint density at radius 2 is 1.75 bits per heavy atom. The number of rotatable bonds is 4. The number of hydrogen-bond donors (Lipinski definition) is 0. The third-order valence-corrected chi connectivity index (χ3v) is 6.33. The highest BCUT2D eigenvalue weighted by Gasteiger charge is 2.40. The second-order valence-corrected chi connectivity index (χ2v) is 8.38. The summed E-state index contributed by atoms with van der Waals surface area (Å²) >= 11 is 0. The zero-order valence-electron chi connectivity index (χ0n) is 18.4. The largest absolute Gasteiger partial charge is 0.340 e. The molecule has 0 N–H and O–H groups in total. The smallest absolute Gasteiger partial charge is 0.271 e. The second kappa shape index (κ2) is 9.26. The van der Waals surface area contributed by atoms with E-state index < -0.39 is 11.0 Å². The fourth-order valence-corrected chi connectivity index (χ4v) is 4.32. The summed E-state index contributed by atoms with van der Waals surface area (Å²) in [5.74, 6) is -0.234. The predicted molar refractivity (Wildman–Crippen MR) is 125 cm³/mol. The van der Waals surface area contributed by atoms with Crippen LogP contribution in [0, 0.1) is 24.0 Å². The summed E-state index contributed by atoms with van der Waals surface area (Å²) < 4.78 is 0. The predicted octanol–water partition coefficient (Wildman–Crippen LogP) is 3.50. The van der Waals surface area contributed by atoms with Gasteiger partial charge in [0.1, 0.15) is 0 Å². The van der Waals surface area contributed by atoms with Crippen LogP contribution in [0.5, 0.6) is 0 Å². The maximum absolute atomic E-state index is 13.4. The highest BCUT2D eigenvalue weighted by molar-refractivity contribution is 6.12. The molecule has 2 aromatic rings. The molecular formula is C23H27ClN4O4. The van der Waals surface area contributed by atoms with Crippen molar-refractivity contribution >= 4 is 35.6 Å². The van der Waals surface area contributed by atoms with Gasteiger partial charge in [0.05, 0.1) is 23.1 Å². The first kappa shape index (κ1) is 23.7. The monoisotopic (exact) mass is 458 g/mol. The Labute approximate surface area is 193 Å². The zero-order chi connectivity index (χ0) is 22.3. The number of carbonyl (C=O) groups is 2. The van der Waals surface area contributed by atoms with E-state index in [1.54, 1.807) is 17.0 Å². The Hall–Kier alpha value is -2.97. The Kier molecular flexibility index (Phi) is 6.85. The lowest BCUT2D eigenvalue weighted by molar-refractivity contribution is -0.384. The molecule has 0 aromatic heterocycles. The van der Waals surface area contributed by atoms with E-state index in [0.29, 0.717) is 24.3 Å². The molecule has 0 bridgehead atoms. The van der Waals surface area contributed by atoms with Crippen molar-refractivity contribution in [3.05, 3.63) is 68.8 Å². The molecule has 4 rings (SSSR count). The molecule has 2 aliphatic rings. The molecular weight excluding hydrogens is 432 g/mol. The second-order valence-electron chi connectivity index (χ2n) is 8.38. The summed E-state index contributed by atoms with van der Waals surface area (Å²) in [5, 5.41) is 11.3. The molecule has 2 heterocycles. The van der Waals surface area contributed by atoms with Crippen LogP contribution in [-0.4, -0.2) is 59.8 Å². The number of amides is 2. The Morgan fingerprint density at radius 1 is 1.09 bits per heavy atom. The topological polar surface area (TPSA) is 87.0 Å². The quantitative estimate of drug-likeness (QED) is 0.517. The van der Waals surface area contributed by atoms with Gasteiger partial charge in [0.2, 0.25) is 5.91 Å². The molecule has 9 heteroatoms. The Balaban J connectivity index is 0.00000289. The number of nitrogens with zero attached hydrogens (tertiary/aromatic N) is 4. The molecule has 0 saturated carbocycles. The number of nitro groups is 1. The van der Waals surface area contributed by atoms with Crippen LogP contribution in [0.3, 0.4) is 0 Å². The van der Waals surface area contributed by atoms with Gasteiger partial charge in [-0.05, 0) is 49.7 Å². The van der Waals surface area contributed by atoms with Gasteiger partial charge in [0, 0.05) is 43.9 Å². The van der Waals surface area contributed by atoms with E-state index in [4.69, 9.17) is 0 Å². The minimum atomic E-state index is -0.490. The number of fused-ring (bicyclic) bond motifs is 1. The van der Waals surface area contributed by atoms with Crippen molar-refractivity contribution in [3.63, 3.8) is 0 Å². The molecule has 1 unspecified atom stereocenters. The van der Waals surface area contributed by atoms with Crippen LogP contribution in [0.2, 0.25) is 0 Å². The van der Waals surface area contributed by atoms with Gasteiger partial charge in [-0.25, -0.2) is 0 Å². The van der Waals surface area contributed by atoms with E-state index in [1.807, 2.05) is 37.9 Å². The van der Waals surface area contributed by atoms with Crippen LogP contribution >= 0.6 is 12.4 Å². The van der Waals surface area contributed by atoms with Gasteiger partial charge in [0.15, 0.2) is 0 Å². The zero-order valence-corrected chi connectivity index (χ0v) is 19.2. The molecule has 1 atom stereocenters. The van der Waals surface area contributed by atoms with Crippen molar-refractivity contribution in [3.8, 4) is 0 Å². The molecule has 2 aromatic carbocycles. The SMILES string of the molecule is Cc1cc2c(cc1C)C(CC(=O)N1CCN(C)CC1)N(c1cccc([N+](=O)[O-])c1)C2=O.Cl. The van der Waals surface area contributed by atoms with Gasteiger partial charge in [-0.15, -0.1) is 12.4 Å². The van der Waals surface area contributed by atoms with Gasteiger partial charge in [-0.3, -0.25) is 19.7 Å². The maximum Gasteiger partial charge on any atom is 0.271 e. The number of benzene rings is 2. The minimum Gasteiger partial charge on any atom is -0.340 e. The first-order valence-corrected chi connectivity index (χ1v) is 10.4. The number of halogens is 1. The summed E-state index contributed by atoms with van der Waals surface area (Å²) in [6.07, 6.45) is 0.146. The van der Waals surface area contributed by atoms with Crippen LogP contribution in [0.25, 0.3) is 0 Å². The molecule has 0 aliphatic carbocycles. The van der Waals surface area contributed by atoms with Crippen molar-refractivity contribution in [2.75, 3.05) is 38.1 Å². The van der Waals surface area contributed by atoms with Crippen LogP contribution < -0.4 is 4.90 Å². The lowest BCUT2D eigenvalue weighted by Gasteiger charge is -2.34. The summed E-state index contributed by atoms with van der Waals surface area (Å²) in [7, 11) is 2.03. The van der Waals surface area contributed by atoms with E-state index in [1.165, 1.54) is 12.1 Å². The molecule has 0 spiro atoms. The summed E-state index contributed by atoms with van der Waals surface area (Å²) in [5.41, 5.74) is 3.76. The molecule has 0 radical (unpaired) electrons. The van der Waals surface area contributed by atoms with Crippen molar-refractivity contribution in [1.29, 1.82) is 0 Å². The van der Waals surface area contributed by atoms with Crippen molar-refractivity contribution in [1.82, 2.24) is 9.80 Å². The van der Waals surface area contributed by atoms with E-state index >= 15 is 0 Å². The third kappa shape index (κ3) is 4.33. The molecule has 170 valence electrons. The molecule has 1 fully saturated rings. The molecule has 2 amide bonds. The molecule has 2 aliphatic heterocycles. The fourth-order valence-electron chi connectivity index (χ4n) is 4.32. The van der Waals surface area contributed by atoms with Crippen molar-refractivity contribution in [2.24, 2.45) is 0 Å². The summed E-state index contributed by atoms with van der Waals surface area (Å²) in [4.78, 5) is 42.9. The van der Waals surface area contributed by atoms with E-state index in [0.717, 1.165) is 29.8 Å². The number of nitro benzene ring substituents is 1. The molecule has 8 nitrogen and oxygen atoms in total. The first-order chi connectivity index (χ1) is 14.8. The normalized spacial score (nSPS) is 18.3. The Morgan fingerprint density at radius 3 is 2.41 bits per heavy atom. The Bertz CT molecular complexity index is 1070. The number of likely N-dealkylation sites (N-methyl/N-ethyl adjacent to an activating group) is 1. The number of hydrogen-bond acceptors (Lipinski definition) is 5. The van der Waals surface area contributed by atoms with Crippen LogP contribution in [0.4, 0.5) is 11.4 Å². The van der Waals surface area contributed by atoms with E-state index in [-0.39, 0.29) is 36.3 Å². The highest BCUT2D eigenvalue weighted by Crippen LogP contribution is 2.41. The maximum atomic E-state index is 13.4. The fraction of sp³-hybridized carbons (Fsp3) is 0.391. The van der Waals surface area contributed by atoms with Crippen LogP contribution in [0.1, 0.15) is 39.5 Å². The summed E-state index contributed by atoms with van der Waals surface area (Å²) in [6.45, 7) is 6.88. The number of non-ortho nitro benzene ring substituents is 1. The molecule has 1 saturated heterocycles. The van der Waals surface area contributed by atoms with Gasteiger partial charge in [-0.1, -0.05) is 12.1 Å². The number of aryl methyl sites for hydroxylation is 2. The average Bonchev–Trinajstić information content (AvgIpc) is 2.99. The first-order valence-electron chi connectivity index (χ1n) is 10.4. The number of carbonyl (C=O) groups excluding carboxylic acids is 2. The third-order valence-electron chi connectivity index (χ3n) is 6.33. The van der Waals surface area contributed by atoms with Gasteiger partial charge < -0.3 is 14.7 Å². The number of piperazine rings is 1. The van der Waals surface area contributed by atoms with E-state index in [2.05, 4.69) is 4.90 Å². The lowest BCUT2D eigenvalue weighted by atomic mass is 9.96. The van der Waals surface area contributed by atoms with Gasteiger partial charge in [0.25, 0.3) is 11.6 Å². The van der Waals surface area contributed by atoms with Gasteiger partial charge >= 0.3 is 0 Å². The van der Waals surface area contributed by atoms with Crippen LogP contribution in [0.15, 0.2) is 36.4 Å². The highest BCUT2D eigenvalue weighted by atomic mass is 35.5. The van der Waals surface area contributed by atoms with E-state index in [9.17, 15) is 19.7 Å². The standard InChI is InChI=1S/C23H26N4O4.ClH/c1-15-11-19-20(12-16(15)2)23(29)26(17-5-4-6-18(13-17)27(30)31)21(19)14-22(28)25-9-7-24(3)8-10-25;/h4-6,11-13,21H,7-10,14H2,1-3H3;1H. The summed E-state index contributed by atoms with van der Waals surface area (Å²) in [6, 6.07) is 9.39. The molecule has 32 heavy (non-hydrogen) atoms. The van der Waals surface area contributed by atoms with Crippen LogP contribution in [-0.2, 0) is 4.79 Å².